The fourth-order valence-corrected chi connectivity index (χ4v) is 3.19. The van der Waals surface area contributed by atoms with Crippen LogP contribution in [0, 0.1) is 5.82 Å². The summed E-state index contributed by atoms with van der Waals surface area (Å²) in [7, 11) is 1.61. The Morgan fingerprint density at radius 1 is 1.19 bits per heavy atom. The molecule has 27 heavy (non-hydrogen) atoms. The Morgan fingerprint density at radius 2 is 1.89 bits per heavy atom. The fraction of sp³-hybridized carbons (Fsp3) is 0.150. The van der Waals surface area contributed by atoms with Gasteiger partial charge in [0.2, 0.25) is 5.91 Å². The maximum absolute atomic E-state index is 13.0. The van der Waals surface area contributed by atoms with E-state index in [1.54, 1.807) is 19.2 Å². The Bertz CT molecular complexity index is 950. The molecule has 3 rings (SSSR count). The lowest BCUT2D eigenvalue weighted by atomic mass is 10.1. The van der Waals surface area contributed by atoms with Crippen molar-refractivity contribution in [2.45, 2.75) is 13.3 Å². The summed E-state index contributed by atoms with van der Waals surface area (Å²) in [6.07, 6.45) is 0.122. The summed E-state index contributed by atoms with van der Waals surface area (Å²) in [6, 6.07) is 13.5. The van der Waals surface area contributed by atoms with Crippen LogP contribution in [0.1, 0.15) is 18.2 Å². The van der Waals surface area contributed by atoms with Crippen LogP contribution in [-0.4, -0.2) is 23.7 Å². The Hall–Kier alpha value is -3.06. The van der Waals surface area contributed by atoms with Crippen molar-refractivity contribution in [3.05, 3.63) is 71.0 Å². The van der Waals surface area contributed by atoms with E-state index in [9.17, 15) is 9.18 Å². The number of carbonyl (C=O) groups excluding carboxylic acids is 1. The third-order valence-electron chi connectivity index (χ3n) is 3.84. The van der Waals surface area contributed by atoms with E-state index in [-0.39, 0.29) is 18.1 Å². The summed E-state index contributed by atoms with van der Waals surface area (Å²) in [5.41, 5.74) is 5.60. The molecular weight excluding hydrogens is 365 g/mol. The molecule has 0 unspecified atom stereocenters. The maximum Gasteiger partial charge on any atom is 0.246 e. The van der Waals surface area contributed by atoms with E-state index in [1.807, 2.05) is 36.6 Å². The topological polar surface area (TPSA) is 63.6 Å². The quantitative estimate of drug-likeness (QED) is 0.516. The van der Waals surface area contributed by atoms with E-state index in [0.717, 1.165) is 21.9 Å². The normalized spacial score (nSPS) is 11.3. The predicted molar refractivity (Wildman–Crippen MR) is 105 cm³/mol. The molecule has 0 radical (unpaired) electrons. The number of nitrogens with one attached hydrogen (secondary N) is 1. The van der Waals surface area contributed by atoms with E-state index < -0.39 is 0 Å². The smallest absolute Gasteiger partial charge is 0.246 e. The van der Waals surface area contributed by atoms with Gasteiger partial charge in [-0.3, -0.25) is 4.79 Å². The third-order valence-corrected chi connectivity index (χ3v) is 4.78. The highest BCUT2D eigenvalue weighted by molar-refractivity contribution is 7.13. The van der Waals surface area contributed by atoms with Gasteiger partial charge in [-0.05, 0) is 61.0 Å². The summed E-state index contributed by atoms with van der Waals surface area (Å²) in [4.78, 5) is 16.5. The number of ether oxygens (including phenoxy) is 1. The van der Waals surface area contributed by atoms with Gasteiger partial charge < -0.3 is 4.74 Å². The van der Waals surface area contributed by atoms with Gasteiger partial charge in [0.15, 0.2) is 0 Å². The Labute approximate surface area is 160 Å². The van der Waals surface area contributed by atoms with Crippen LogP contribution < -0.4 is 10.2 Å². The minimum Gasteiger partial charge on any atom is -0.497 e. The number of methoxy groups -OCH3 is 1. The maximum atomic E-state index is 13.0. The standard InChI is InChI=1S/C20H18FN3O2S/c1-13(14-5-9-18(26-2)10-6-14)23-24-19(25)11-17-12-27-20(22-17)15-3-7-16(21)8-4-15/h3-10,12H,11H2,1-2H3,(H,24,25)/b23-13-. The Morgan fingerprint density at radius 3 is 2.56 bits per heavy atom. The first-order valence-corrected chi connectivity index (χ1v) is 9.11. The van der Waals surface area contributed by atoms with Crippen molar-refractivity contribution in [3.8, 4) is 16.3 Å². The largest absolute Gasteiger partial charge is 0.497 e. The zero-order valence-corrected chi connectivity index (χ0v) is 15.7. The minimum atomic E-state index is -0.292. The minimum absolute atomic E-state index is 0.122. The van der Waals surface area contributed by atoms with E-state index in [0.29, 0.717) is 11.4 Å². The number of carbonyl (C=O) groups is 1. The number of hydrogen-bond donors (Lipinski definition) is 1. The number of halogens is 1. The lowest BCUT2D eigenvalue weighted by Gasteiger charge is -2.04. The molecule has 7 heteroatoms. The number of rotatable bonds is 6. The number of hydrogen-bond acceptors (Lipinski definition) is 5. The highest BCUT2D eigenvalue weighted by Crippen LogP contribution is 2.24. The SMILES string of the molecule is COc1ccc(/C(C)=N\NC(=O)Cc2csc(-c3ccc(F)cc3)n2)cc1. The number of amides is 1. The molecule has 0 aliphatic heterocycles. The van der Waals surface area contributed by atoms with Crippen molar-refractivity contribution in [2.24, 2.45) is 5.10 Å². The van der Waals surface area contributed by atoms with Gasteiger partial charge in [0, 0.05) is 10.9 Å². The monoisotopic (exact) mass is 383 g/mol. The molecule has 3 aromatic rings. The van der Waals surface area contributed by atoms with E-state index in [4.69, 9.17) is 4.74 Å². The number of nitrogens with zero attached hydrogens (tertiary/aromatic N) is 2. The molecule has 0 aliphatic rings. The van der Waals surface area contributed by atoms with Crippen LogP contribution in [0.5, 0.6) is 5.75 Å². The molecule has 1 N–H and O–H groups in total. The fourth-order valence-electron chi connectivity index (χ4n) is 2.36. The Balaban J connectivity index is 1.59. The molecule has 0 aliphatic carbocycles. The predicted octanol–water partition coefficient (Wildman–Crippen LogP) is 4.04. The summed E-state index contributed by atoms with van der Waals surface area (Å²) in [5, 5.41) is 6.69. The highest BCUT2D eigenvalue weighted by Gasteiger charge is 2.09. The molecule has 138 valence electrons. The van der Waals surface area contributed by atoms with Crippen molar-refractivity contribution in [1.29, 1.82) is 0 Å². The molecule has 0 saturated carbocycles. The molecule has 0 saturated heterocycles. The number of benzene rings is 2. The number of aromatic nitrogens is 1. The first-order chi connectivity index (χ1) is 13.0. The Kier molecular flexibility index (Phi) is 5.93. The van der Waals surface area contributed by atoms with Gasteiger partial charge in [0.05, 0.1) is 24.9 Å². The van der Waals surface area contributed by atoms with Gasteiger partial charge in [-0.1, -0.05) is 0 Å². The van der Waals surface area contributed by atoms with Crippen LogP contribution >= 0.6 is 11.3 Å². The van der Waals surface area contributed by atoms with E-state index in [2.05, 4.69) is 15.5 Å². The van der Waals surface area contributed by atoms with Gasteiger partial charge >= 0.3 is 0 Å². The molecule has 1 aromatic heterocycles. The summed E-state index contributed by atoms with van der Waals surface area (Å²) in [6.45, 7) is 1.82. The molecule has 1 amide bonds. The number of thiazole rings is 1. The summed E-state index contributed by atoms with van der Waals surface area (Å²) < 4.78 is 18.1. The molecule has 1 heterocycles. The highest BCUT2D eigenvalue weighted by atomic mass is 32.1. The van der Waals surface area contributed by atoms with Gasteiger partial charge in [0.25, 0.3) is 0 Å². The van der Waals surface area contributed by atoms with Crippen molar-refractivity contribution in [1.82, 2.24) is 10.4 Å². The van der Waals surface area contributed by atoms with E-state index in [1.165, 1.54) is 23.5 Å². The molecule has 0 fully saturated rings. The van der Waals surface area contributed by atoms with Gasteiger partial charge in [-0.15, -0.1) is 11.3 Å². The van der Waals surface area contributed by atoms with Crippen LogP contribution in [0.3, 0.4) is 0 Å². The van der Waals surface area contributed by atoms with Crippen molar-refractivity contribution >= 4 is 23.0 Å². The van der Waals surface area contributed by atoms with Crippen molar-refractivity contribution in [2.75, 3.05) is 7.11 Å². The van der Waals surface area contributed by atoms with Crippen LogP contribution in [0.15, 0.2) is 59.0 Å². The molecule has 5 nitrogen and oxygen atoms in total. The molecule has 0 atom stereocenters. The van der Waals surface area contributed by atoms with E-state index >= 15 is 0 Å². The lowest BCUT2D eigenvalue weighted by Crippen LogP contribution is -2.21. The van der Waals surface area contributed by atoms with Crippen LogP contribution in [0.25, 0.3) is 10.6 Å². The van der Waals surface area contributed by atoms with Crippen LogP contribution in [0.2, 0.25) is 0 Å². The van der Waals surface area contributed by atoms with Crippen LogP contribution in [0.4, 0.5) is 4.39 Å². The van der Waals surface area contributed by atoms with Crippen LogP contribution in [-0.2, 0) is 11.2 Å². The second-order valence-electron chi connectivity index (χ2n) is 5.79. The second kappa shape index (κ2) is 8.55. The van der Waals surface area contributed by atoms with Crippen molar-refractivity contribution in [3.63, 3.8) is 0 Å². The lowest BCUT2D eigenvalue weighted by molar-refractivity contribution is -0.120. The molecular formula is C20H18FN3O2S. The van der Waals surface area contributed by atoms with Gasteiger partial charge in [-0.2, -0.15) is 5.10 Å². The van der Waals surface area contributed by atoms with Gasteiger partial charge in [0.1, 0.15) is 16.6 Å². The molecule has 0 spiro atoms. The average Bonchev–Trinajstić information content (AvgIpc) is 3.15. The number of hydrazone groups is 1. The van der Waals surface area contributed by atoms with Crippen molar-refractivity contribution < 1.29 is 13.9 Å². The van der Waals surface area contributed by atoms with Gasteiger partial charge in [-0.25, -0.2) is 14.8 Å². The summed E-state index contributed by atoms with van der Waals surface area (Å²) in [5.74, 6) is 0.217. The zero-order chi connectivity index (χ0) is 19.2. The molecule has 0 bridgehead atoms. The zero-order valence-electron chi connectivity index (χ0n) is 14.9. The second-order valence-corrected chi connectivity index (χ2v) is 6.65. The first kappa shape index (κ1) is 18.7. The molecule has 2 aromatic carbocycles. The summed E-state index contributed by atoms with van der Waals surface area (Å²) >= 11 is 1.41. The first-order valence-electron chi connectivity index (χ1n) is 8.23. The third kappa shape index (κ3) is 4.98. The average molecular weight is 383 g/mol.